The number of hydrogen-bond acceptors (Lipinski definition) is 5. The Labute approximate surface area is 179 Å². The summed E-state index contributed by atoms with van der Waals surface area (Å²) in [5.41, 5.74) is 2.90. The first kappa shape index (κ1) is 19.0. The first-order valence-electron chi connectivity index (χ1n) is 10.1. The number of imidazole rings is 1. The average Bonchev–Trinajstić information content (AvgIpc) is 3.07. The maximum Gasteiger partial charge on any atom is 0.255 e. The number of rotatable bonds is 5. The van der Waals surface area contributed by atoms with E-state index in [2.05, 4.69) is 10.3 Å². The lowest BCUT2D eigenvalue weighted by atomic mass is 10.2. The molecule has 0 aliphatic carbocycles. The molecule has 1 amide bonds. The van der Waals surface area contributed by atoms with E-state index in [0.717, 1.165) is 17.8 Å². The molecule has 0 unspecified atom stereocenters. The summed E-state index contributed by atoms with van der Waals surface area (Å²) < 4.78 is 19.1. The van der Waals surface area contributed by atoms with Crippen molar-refractivity contribution < 1.29 is 19.0 Å². The Kier molecular flexibility index (Phi) is 5.14. The van der Waals surface area contributed by atoms with Gasteiger partial charge in [0.1, 0.15) is 18.0 Å². The molecular formula is C24H21N3O4. The first-order valence-corrected chi connectivity index (χ1v) is 10.1. The summed E-state index contributed by atoms with van der Waals surface area (Å²) in [5, 5.41) is 2.89. The number of hydrogen-bond donors (Lipinski definition) is 1. The van der Waals surface area contributed by atoms with Gasteiger partial charge in [-0.25, -0.2) is 4.98 Å². The van der Waals surface area contributed by atoms with Gasteiger partial charge in [0.25, 0.3) is 5.91 Å². The minimum atomic E-state index is -0.207. The highest BCUT2D eigenvalue weighted by molar-refractivity contribution is 6.04. The number of fused-ring (bicyclic) bond motifs is 2. The molecule has 2 aromatic carbocycles. The fourth-order valence-corrected chi connectivity index (χ4v) is 3.36. The number of carbonyl (C=O) groups excluding carboxylic acids is 1. The molecule has 0 atom stereocenters. The standard InChI is InChI=1S/C24H21N3O4/c28-24(26-18-7-10-21-22(14-18)30-13-3-12-29-21)17-5-8-20(9-6-17)31-16-19-15-27-11-2-1-4-23(27)25-19/h1-2,4-11,14-15H,3,12-13,16H2,(H,26,28). The van der Waals surface area contributed by atoms with E-state index in [1.807, 2.05) is 41.1 Å². The molecule has 1 aliphatic rings. The van der Waals surface area contributed by atoms with Gasteiger partial charge >= 0.3 is 0 Å². The molecule has 0 radical (unpaired) electrons. The van der Waals surface area contributed by atoms with Gasteiger partial charge in [0.15, 0.2) is 11.5 Å². The van der Waals surface area contributed by atoms with E-state index >= 15 is 0 Å². The topological polar surface area (TPSA) is 74.1 Å². The Morgan fingerprint density at radius 2 is 1.87 bits per heavy atom. The molecule has 3 heterocycles. The highest BCUT2D eigenvalue weighted by Crippen LogP contribution is 2.32. The number of ether oxygens (including phenoxy) is 3. The minimum Gasteiger partial charge on any atom is -0.490 e. The summed E-state index contributed by atoms with van der Waals surface area (Å²) in [6.45, 7) is 1.58. The Morgan fingerprint density at radius 3 is 2.71 bits per heavy atom. The Morgan fingerprint density at radius 1 is 1.03 bits per heavy atom. The van der Waals surface area contributed by atoms with Gasteiger partial charge in [0, 0.05) is 36.1 Å². The van der Waals surface area contributed by atoms with Crippen LogP contribution in [0.1, 0.15) is 22.5 Å². The Balaban J connectivity index is 1.21. The number of aromatic nitrogens is 2. The van der Waals surface area contributed by atoms with Gasteiger partial charge < -0.3 is 23.9 Å². The summed E-state index contributed by atoms with van der Waals surface area (Å²) in [6, 6.07) is 18.3. The Bertz CT molecular complexity index is 1180. The molecular weight excluding hydrogens is 394 g/mol. The van der Waals surface area contributed by atoms with Crippen LogP contribution in [0.15, 0.2) is 73.1 Å². The molecule has 1 aliphatic heterocycles. The van der Waals surface area contributed by atoms with Crippen molar-refractivity contribution >= 4 is 17.2 Å². The van der Waals surface area contributed by atoms with Crippen LogP contribution in [-0.4, -0.2) is 28.5 Å². The number of pyridine rings is 1. The van der Waals surface area contributed by atoms with Crippen molar-refractivity contribution in [3.63, 3.8) is 0 Å². The van der Waals surface area contributed by atoms with Gasteiger partial charge in [-0.05, 0) is 48.5 Å². The Hall–Kier alpha value is -4.00. The zero-order valence-electron chi connectivity index (χ0n) is 16.8. The predicted octanol–water partition coefficient (Wildman–Crippen LogP) is 4.33. The quantitative estimate of drug-likeness (QED) is 0.525. The van der Waals surface area contributed by atoms with E-state index in [9.17, 15) is 4.79 Å². The largest absolute Gasteiger partial charge is 0.490 e. The van der Waals surface area contributed by atoms with Crippen molar-refractivity contribution in [1.29, 1.82) is 0 Å². The second kappa shape index (κ2) is 8.39. The fraction of sp³-hybridized carbons (Fsp3) is 0.167. The van der Waals surface area contributed by atoms with Gasteiger partial charge in [-0.2, -0.15) is 0 Å². The molecule has 0 saturated carbocycles. The number of anilines is 1. The highest BCUT2D eigenvalue weighted by atomic mass is 16.5. The third kappa shape index (κ3) is 4.30. The monoisotopic (exact) mass is 415 g/mol. The van der Waals surface area contributed by atoms with Crippen molar-refractivity contribution in [3.8, 4) is 17.2 Å². The number of carbonyl (C=O) groups is 1. The minimum absolute atomic E-state index is 0.207. The number of amides is 1. The van der Waals surface area contributed by atoms with Crippen LogP contribution in [0.5, 0.6) is 17.2 Å². The molecule has 7 heteroatoms. The van der Waals surface area contributed by atoms with E-state index in [0.29, 0.717) is 48.3 Å². The predicted molar refractivity (Wildman–Crippen MR) is 116 cm³/mol. The molecule has 0 saturated heterocycles. The molecule has 0 spiro atoms. The first-order chi connectivity index (χ1) is 15.2. The molecule has 1 N–H and O–H groups in total. The van der Waals surface area contributed by atoms with Crippen molar-refractivity contribution in [2.24, 2.45) is 0 Å². The van der Waals surface area contributed by atoms with Gasteiger partial charge in [-0.3, -0.25) is 4.79 Å². The fourth-order valence-electron chi connectivity index (χ4n) is 3.36. The van der Waals surface area contributed by atoms with Crippen LogP contribution in [0.3, 0.4) is 0 Å². The van der Waals surface area contributed by atoms with Crippen molar-refractivity contribution in [2.45, 2.75) is 13.0 Å². The van der Waals surface area contributed by atoms with E-state index in [1.165, 1.54) is 0 Å². The van der Waals surface area contributed by atoms with E-state index < -0.39 is 0 Å². The highest BCUT2D eigenvalue weighted by Gasteiger charge is 2.13. The smallest absolute Gasteiger partial charge is 0.255 e. The SMILES string of the molecule is O=C(Nc1ccc2c(c1)OCCCO2)c1ccc(OCc2cn3ccccc3n2)cc1. The van der Waals surface area contributed by atoms with Gasteiger partial charge in [-0.15, -0.1) is 0 Å². The molecule has 156 valence electrons. The lowest BCUT2D eigenvalue weighted by Crippen LogP contribution is -2.12. The number of nitrogens with one attached hydrogen (secondary N) is 1. The molecule has 4 aromatic rings. The van der Waals surface area contributed by atoms with Crippen LogP contribution in [-0.2, 0) is 6.61 Å². The number of nitrogens with zero attached hydrogens (tertiary/aromatic N) is 2. The molecule has 0 bridgehead atoms. The average molecular weight is 415 g/mol. The van der Waals surface area contributed by atoms with Crippen LogP contribution in [0.2, 0.25) is 0 Å². The summed E-state index contributed by atoms with van der Waals surface area (Å²) in [6.07, 6.45) is 4.72. The van der Waals surface area contributed by atoms with Crippen LogP contribution in [0.25, 0.3) is 5.65 Å². The summed E-state index contributed by atoms with van der Waals surface area (Å²) in [5.74, 6) is 1.80. The van der Waals surface area contributed by atoms with Crippen LogP contribution < -0.4 is 19.5 Å². The van der Waals surface area contributed by atoms with Crippen molar-refractivity contribution in [2.75, 3.05) is 18.5 Å². The van der Waals surface area contributed by atoms with Crippen molar-refractivity contribution in [1.82, 2.24) is 9.38 Å². The maximum atomic E-state index is 12.6. The normalized spacial score (nSPS) is 12.9. The summed E-state index contributed by atoms with van der Waals surface area (Å²) in [7, 11) is 0. The zero-order chi connectivity index (χ0) is 21.0. The molecule has 5 rings (SSSR count). The van der Waals surface area contributed by atoms with Crippen LogP contribution in [0, 0.1) is 0 Å². The lowest BCUT2D eigenvalue weighted by molar-refractivity contribution is 0.102. The van der Waals surface area contributed by atoms with E-state index in [1.54, 1.807) is 36.4 Å². The van der Waals surface area contributed by atoms with Gasteiger partial charge in [-0.1, -0.05) is 6.07 Å². The third-order valence-electron chi connectivity index (χ3n) is 4.92. The van der Waals surface area contributed by atoms with Gasteiger partial charge in [0.05, 0.1) is 18.9 Å². The third-order valence-corrected chi connectivity index (χ3v) is 4.92. The zero-order valence-corrected chi connectivity index (χ0v) is 16.8. The van der Waals surface area contributed by atoms with Crippen LogP contribution in [0.4, 0.5) is 5.69 Å². The molecule has 31 heavy (non-hydrogen) atoms. The van der Waals surface area contributed by atoms with E-state index in [4.69, 9.17) is 14.2 Å². The second-order valence-corrected chi connectivity index (χ2v) is 7.18. The second-order valence-electron chi connectivity index (χ2n) is 7.18. The van der Waals surface area contributed by atoms with Gasteiger partial charge in [0.2, 0.25) is 0 Å². The maximum absolute atomic E-state index is 12.6. The summed E-state index contributed by atoms with van der Waals surface area (Å²) in [4.78, 5) is 17.1. The lowest BCUT2D eigenvalue weighted by Gasteiger charge is -2.11. The van der Waals surface area contributed by atoms with Crippen LogP contribution >= 0.6 is 0 Å². The summed E-state index contributed by atoms with van der Waals surface area (Å²) >= 11 is 0. The van der Waals surface area contributed by atoms with Crippen molar-refractivity contribution in [3.05, 3.63) is 84.3 Å². The van der Waals surface area contributed by atoms with E-state index in [-0.39, 0.29) is 5.91 Å². The molecule has 0 fully saturated rings. The molecule has 2 aromatic heterocycles. The number of benzene rings is 2. The molecule has 7 nitrogen and oxygen atoms in total.